The summed E-state index contributed by atoms with van der Waals surface area (Å²) in [4.78, 5) is 18.8. The lowest BCUT2D eigenvalue weighted by Gasteiger charge is -2.31. The van der Waals surface area contributed by atoms with Gasteiger partial charge in [-0.05, 0) is 29.8 Å². The minimum atomic E-state index is -0.275. The molecule has 2 heterocycles. The third-order valence-corrected chi connectivity index (χ3v) is 5.97. The van der Waals surface area contributed by atoms with E-state index < -0.39 is 0 Å². The molecule has 0 radical (unpaired) electrons. The summed E-state index contributed by atoms with van der Waals surface area (Å²) in [6, 6.07) is 11.9. The molecule has 1 amide bonds. The van der Waals surface area contributed by atoms with E-state index in [4.69, 9.17) is 16.3 Å². The van der Waals surface area contributed by atoms with Gasteiger partial charge < -0.3 is 9.64 Å². The summed E-state index contributed by atoms with van der Waals surface area (Å²) in [5, 5.41) is 1.17. The average molecular weight is 405 g/mol. The van der Waals surface area contributed by atoms with E-state index in [2.05, 4.69) is 4.98 Å². The van der Waals surface area contributed by atoms with Crippen LogP contribution < -0.4 is 4.74 Å². The second-order valence-corrected chi connectivity index (χ2v) is 7.96. The molecule has 1 aliphatic heterocycles. The molecule has 27 heavy (non-hydrogen) atoms. The van der Waals surface area contributed by atoms with Gasteiger partial charge in [-0.1, -0.05) is 41.1 Å². The maximum Gasteiger partial charge on any atom is 0.274 e. The highest BCUT2D eigenvalue weighted by atomic mass is 35.5. The molecule has 1 aliphatic rings. The Hall–Kier alpha value is -2.18. The van der Waals surface area contributed by atoms with Gasteiger partial charge in [0.2, 0.25) is 5.91 Å². The van der Waals surface area contributed by atoms with Crippen LogP contribution >= 0.6 is 22.9 Å². The van der Waals surface area contributed by atoms with Crippen molar-refractivity contribution in [2.75, 3.05) is 13.1 Å². The summed E-state index contributed by atoms with van der Waals surface area (Å²) < 4.78 is 20.0. The lowest BCUT2D eigenvalue weighted by atomic mass is 10.1. The van der Waals surface area contributed by atoms with E-state index in [0.29, 0.717) is 29.7 Å². The molecule has 0 saturated carbocycles. The third kappa shape index (κ3) is 4.22. The molecule has 4 rings (SSSR count). The molecular formula is C20H18ClFN2O2S. The van der Waals surface area contributed by atoms with Crippen LogP contribution in [0, 0.1) is 5.82 Å². The Kier molecular flexibility index (Phi) is 5.27. The number of halogens is 2. The Bertz CT molecular complexity index is 970. The number of hydrogen-bond acceptors (Lipinski definition) is 4. The SMILES string of the molecule is O=C(Cc1ccccc1Cl)N1CCC(Oc2nc3ccc(F)cc3s2)CC1. The Morgan fingerprint density at radius 3 is 2.81 bits per heavy atom. The van der Waals surface area contributed by atoms with Crippen molar-refractivity contribution in [2.45, 2.75) is 25.4 Å². The summed E-state index contributed by atoms with van der Waals surface area (Å²) in [6.45, 7) is 1.29. The third-order valence-electron chi connectivity index (χ3n) is 4.69. The fraction of sp³-hybridized carbons (Fsp3) is 0.300. The lowest BCUT2D eigenvalue weighted by molar-refractivity contribution is -0.132. The zero-order valence-corrected chi connectivity index (χ0v) is 16.1. The van der Waals surface area contributed by atoms with Gasteiger partial charge in [-0.25, -0.2) is 9.37 Å². The van der Waals surface area contributed by atoms with Gasteiger partial charge in [0.05, 0.1) is 16.6 Å². The molecule has 1 fully saturated rings. The number of hydrogen-bond donors (Lipinski definition) is 0. The molecule has 1 saturated heterocycles. The summed E-state index contributed by atoms with van der Waals surface area (Å²) in [5.74, 6) is -0.194. The Morgan fingerprint density at radius 1 is 1.26 bits per heavy atom. The van der Waals surface area contributed by atoms with Gasteiger partial charge in [0, 0.05) is 31.0 Å². The molecule has 140 valence electrons. The van der Waals surface area contributed by atoms with Crippen molar-refractivity contribution in [3.63, 3.8) is 0 Å². The van der Waals surface area contributed by atoms with Gasteiger partial charge in [0.1, 0.15) is 11.9 Å². The molecular weight excluding hydrogens is 387 g/mol. The van der Waals surface area contributed by atoms with Crippen molar-refractivity contribution in [1.82, 2.24) is 9.88 Å². The number of nitrogens with zero attached hydrogens (tertiary/aromatic N) is 2. The first-order valence-corrected chi connectivity index (χ1v) is 10.0. The lowest BCUT2D eigenvalue weighted by Crippen LogP contribution is -2.42. The van der Waals surface area contributed by atoms with Crippen molar-refractivity contribution in [3.8, 4) is 5.19 Å². The molecule has 0 unspecified atom stereocenters. The summed E-state index contributed by atoms with van der Waals surface area (Å²) in [5.41, 5.74) is 1.59. The number of ether oxygens (including phenoxy) is 1. The smallest absolute Gasteiger partial charge is 0.274 e. The minimum Gasteiger partial charge on any atom is -0.467 e. The highest BCUT2D eigenvalue weighted by molar-refractivity contribution is 7.20. The van der Waals surface area contributed by atoms with Crippen LogP contribution in [0.5, 0.6) is 5.19 Å². The Balaban J connectivity index is 1.33. The molecule has 7 heteroatoms. The molecule has 0 spiro atoms. The van der Waals surface area contributed by atoms with Crippen molar-refractivity contribution >= 4 is 39.1 Å². The number of likely N-dealkylation sites (tertiary alicyclic amines) is 1. The normalized spacial score (nSPS) is 15.3. The van der Waals surface area contributed by atoms with Crippen LogP contribution in [-0.4, -0.2) is 35.0 Å². The van der Waals surface area contributed by atoms with E-state index in [9.17, 15) is 9.18 Å². The molecule has 0 aliphatic carbocycles. The number of aromatic nitrogens is 1. The number of benzene rings is 2. The summed E-state index contributed by atoms with van der Waals surface area (Å²) in [7, 11) is 0. The molecule has 4 nitrogen and oxygen atoms in total. The molecule has 3 aromatic rings. The largest absolute Gasteiger partial charge is 0.467 e. The first-order valence-electron chi connectivity index (χ1n) is 8.82. The number of amides is 1. The van der Waals surface area contributed by atoms with Crippen molar-refractivity contribution in [2.24, 2.45) is 0 Å². The maximum atomic E-state index is 13.3. The van der Waals surface area contributed by atoms with E-state index in [1.165, 1.54) is 23.5 Å². The van der Waals surface area contributed by atoms with Crippen LogP contribution in [0.2, 0.25) is 5.02 Å². The van der Waals surface area contributed by atoms with Gasteiger partial charge >= 0.3 is 0 Å². The van der Waals surface area contributed by atoms with Crippen LogP contribution in [0.4, 0.5) is 4.39 Å². The average Bonchev–Trinajstić information content (AvgIpc) is 3.05. The first kappa shape index (κ1) is 18.2. The quantitative estimate of drug-likeness (QED) is 0.632. The van der Waals surface area contributed by atoms with Crippen molar-refractivity contribution in [1.29, 1.82) is 0 Å². The highest BCUT2D eigenvalue weighted by Gasteiger charge is 2.25. The van der Waals surface area contributed by atoms with E-state index in [1.54, 1.807) is 12.1 Å². The van der Waals surface area contributed by atoms with Crippen molar-refractivity contribution < 1.29 is 13.9 Å². The van der Waals surface area contributed by atoms with Gasteiger partial charge in [-0.2, -0.15) is 0 Å². The van der Waals surface area contributed by atoms with E-state index in [-0.39, 0.29) is 17.8 Å². The van der Waals surface area contributed by atoms with Crippen LogP contribution in [0.25, 0.3) is 10.2 Å². The predicted molar refractivity (Wildman–Crippen MR) is 105 cm³/mol. The topological polar surface area (TPSA) is 42.4 Å². The van der Waals surface area contributed by atoms with Crippen LogP contribution in [-0.2, 0) is 11.2 Å². The molecule has 0 bridgehead atoms. The van der Waals surface area contributed by atoms with Gasteiger partial charge in [-0.15, -0.1) is 0 Å². The number of carbonyl (C=O) groups is 1. The van der Waals surface area contributed by atoms with Crippen LogP contribution in [0.15, 0.2) is 42.5 Å². The van der Waals surface area contributed by atoms with Gasteiger partial charge in [0.15, 0.2) is 0 Å². The van der Waals surface area contributed by atoms with E-state index in [0.717, 1.165) is 28.6 Å². The number of carbonyl (C=O) groups excluding carboxylic acids is 1. The van der Waals surface area contributed by atoms with Gasteiger partial charge in [-0.3, -0.25) is 4.79 Å². The zero-order valence-electron chi connectivity index (χ0n) is 14.5. The number of rotatable bonds is 4. The van der Waals surface area contributed by atoms with Crippen LogP contribution in [0.1, 0.15) is 18.4 Å². The number of piperidine rings is 1. The standard InChI is InChI=1S/C20H18ClFN2O2S/c21-16-4-2-1-3-13(16)11-19(25)24-9-7-15(8-10-24)26-20-23-17-6-5-14(22)12-18(17)27-20/h1-6,12,15H,7-11H2. The minimum absolute atomic E-state index is 0.0137. The van der Waals surface area contributed by atoms with Gasteiger partial charge in [0.25, 0.3) is 5.19 Å². The fourth-order valence-corrected chi connectivity index (χ4v) is 4.32. The summed E-state index contributed by atoms with van der Waals surface area (Å²) in [6.07, 6.45) is 1.82. The second kappa shape index (κ2) is 7.82. The number of fused-ring (bicyclic) bond motifs is 1. The monoisotopic (exact) mass is 404 g/mol. The van der Waals surface area contributed by atoms with Crippen LogP contribution in [0.3, 0.4) is 0 Å². The Morgan fingerprint density at radius 2 is 2.04 bits per heavy atom. The van der Waals surface area contributed by atoms with E-state index >= 15 is 0 Å². The Labute approximate surface area is 165 Å². The fourth-order valence-electron chi connectivity index (χ4n) is 3.21. The molecule has 0 N–H and O–H groups in total. The predicted octanol–water partition coefficient (Wildman–Crippen LogP) is 4.70. The first-order chi connectivity index (χ1) is 13.1. The zero-order chi connectivity index (χ0) is 18.8. The molecule has 1 aromatic heterocycles. The second-order valence-electron chi connectivity index (χ2n) is 6.56. The summed E-state index contributed by atoms with van der Waals surface area (Å²) >= 11 is 7.49. The molecule has 0 atom stereocenters. The molecule has 2 aromatic carbocycles. The van der Waals surface area contributed by atoms with Crippen molar-refractivity contribution in [3.05, 3.63) is 58.9 Å². The highest BCUT2D eigenvalue weighted by Crippen LogP contribution is 2.30. The maximum absolute atomic E-state index is 13.3. The number of thiazole rings is 1. The van der Waals surface area contributed by atoms with E-state index in [1.807, 2.05) is 23.1 Å².